The third kappa shape index (κ3) is 3.24. The molecule has 4 heteroatoms. The summed E-state index contributed by atoms with van der Waals surface area (Å²) in [6.45, 7) is 5.92. The predicted octanol–water partition coefficient (Wildman–Crippen LogP) is 2.51. The van der Waals surface area contributed by atoms with Crippen molar-refractivity contribution in [3.63, 3.8) is 0 Å². The van der Waals surface area contributed by atoms with Gasteiger partial charge in [0.15, 0.2) is 0 Å². The van der Waals surface area contributed by atoms with Crippen LogP contribution in [-0.4, -0.2) is 18.1 Å². The summed E-state index contributed by atoms with van der Waals surface area (Å²) in [4.78, 5) is 12.1. The lowest BCUT2D eigenvalue weighted by Gasteiger charge is -2.21. The fourth-order valence-corrected chi connectivity index (χ4v) is 1.45. The highest BCUT2D eigenvalue weighted by Crippen LogP contribution is 2.19. The normalized spacial score (nSPS) is 13.2. The third-order valence-corrected chi connectivity index (χ3v) is 2.77. The van der Waals surface area contributed by atoms with Crippen LogP contribution in [0.25, 0.3) is 0 Å². The smallest absolute Gasteiger partial charge is 0.256 e. The number of ether oxygens (including phenoxy) is 1. The molecule has 1 aromatic rings. The number of rotatable bonds is 5. The van der Waals surface area contributed by atoms with Gasteiger partial charge in [0.2, 0.25) is 0 Å². The van der Waals surface area contributed by atoms with Crippen molar-refractivity contribution in [3.05, 3.63) is 29.8 Å². The number of nitrogens with zero attached hydrogens (tertiary/aromatic N) is 1. The van der Waals surface area contributed by atoms with Crippen LogP contribution in [0.3, 0.4) is 0 Å². The Balaban J connectivity index is 2.95. The lowest BCUT2D eigenvalue weighted by atomic mass is 10.0. The fraction of sp³-hybridized carbons (Fsp3) is 0.429. The Hall–Kier alpha value is -2.02. The van der Waals surface area contributed by atoms with E-state index in [9.17, 15) is 4.79 Å². The van der Waals surface area contributed by atoms with Crippen LogP contribution in [0.4, 0.5) is 0 Å². The summed E-state index contributed by atoms with van der Waals surface area (Å²) >= 11 is 0. The minimum Gasteiger partial charge on any atom is -0.493 e. The highest BCUT2D eigenvalue weighted by Gasteiger charge is 2.25. The third-order valence-electron chi connectivity index (χ3n) is 2.77. The molecule has 1 atom stereocenters. The van der Waals surface area contributed by atoms with Crippen molar-refractivity contribution in [2.75, 3.05) is 6.61 Å². The molecule has 96 valence electrons. The number of benzene rings is 1. The average molecular weight is 246 g/mol. The molecule has 4 nitrogen and oxygen atoms in total. The van der Waals surface area contributed by atoms with Crippen LogP contribution in [0, 0.1) is 11.3 Å². The Morgan fingerprint density at radius 3 is 2.67 bits per heavy atom. The first-order chi connectivity index (χ1) is 8.56. The van der Waals surface area contributed by atoms with Gasteiger partial charge in [-0.25, -0.2) is 0 Å². The van der Waals surface area contributed by atoms with E-state index in [0.29, 0.717) is 24.3 Å². The SMILES string of the molecule is CCOc1ccccc1C(=O)NC(C)(C#N)CC. The van der Waals surface area contributed by atoms with Crippen LogP contribution in [0.2, 0.25) is 0 Å². The molecule has 0 aliphatic carbocycles. The zero-order valence-corrected chi connectivity index (χ0v) is 11.0. The van der Waals surface area contributed by atoms with E-state index in [2.05, 4.69) is 11.4 Å². The van der Waals surface area contributed by atoms with Crippen LogP contribution in [0.1, 0.15) is 37.6 Å². The van der Waals surface area contributed by atoms with Gasteiger partial charge in [-0.3, -0.25) is 4.79 Å². The first kappa shape index (κ1) is 14.0. The molecule has 0 radical (unpaired) electrons. The van der Waals surface area contributed by atoms with Gasteiger partial charge in [0.05, 0.1) is 18.2 Å². The summed E-state index contributed by atoms with van der Waals surface area (Å²) in [5, 5.41) is 11.8. The lowest BCUT2D eigenvalue weighted by molar-refractivity contribution is 0.0919. The standard InChI is InChI=1S/C14H18N2O2/c1-4-14(3,10-15)16-13(17)11-8-6-7-9-12(11)18-5-2/h6-9H,4-5H2,1-3H3,(H,16,17). The molecule has 1 rings (SSSR count). The first-order valence-corrected chi connectivity index (χ1v) is 6.02. The second-order valence-corrected chi connectivity index (χ2v) is 4.18. The Kier molecular flexibility index (Phi) is 4.73. The molecule has 0 heterocycles. The molecule has 0 aliphatic heterocycles. The van der Waals surface area contributed by atoms with E-state index in [0.717, 1.165) is 0 Å². The highest BCUT2D eigenvalue weighted by atomic mass is 16.5. The number of nitriles is 1. The number of nitrogens with one attached hydrogen (secondary N) is 1. The van der Waals surface area contributed by atoms with Gasteiger partial charge in [0, 0.05) is 0 Å². The first-order valence-electron chi connectivity index (χ1n) is 6.02. The molecule has 1 amide bonds. The zero-order valence-electron chi connectivity index (χ0n) is 11.0. The van der Waals surface area contributed by atoms with Gasteiger partial charge in [-0.2, -0.15) is 5.26 Å². The Labute approximate surface area is 108 Å². The quantitative estimate of drug-likeness (QED) is 0.868. The van der Waals surface area contributed by atoms with Crippen molar-refractivity contribution in [3.8, 4) is 11.8 Å². The van der Waals surface area contributed by atoms with Crippen LogP contribution < -0.4 is 10.1 Å². The molecular formula is C14H18N2O2. The average Bonchev–Trinajstić information content (AvgIpc) is 2.39. The van der Waals surface area contributed by atoms with Gasteiger partial charge < -0.3 is 10.1 Å². The molecule has 0 bridgehead atoms. The van der Waals surface area contributed by atoms with Gasteiger partial charge in [0.25, 0.3) is 5.91 Å². The number of carbonyl (C=O) groups is 1. The van der Waals surface area contributed by atoms with E-state index in [4.69, 9.17) is 10.00 Å². The number of hydrogen-bond donors (Lipinski definition) is 1. The van der Waals surface area contributed by atoms with Gasteiger partial charge in [0.1, 0.15) is 11.3 Å². The van der Waals surface area contributed by atoms with Crippen molar-refractivity contribution in [1.29, 1.82) is 5.26 Å². The molecule has 1 N–H and O–H groups in total. The van der Waals surface area contributed by atoms with Crippen molar-refractivity contribution in [1.82, 2.24) is 5.32 Å². The summed E-state index contributed by atoms with van der Waals surface area (Å²) in [5.74, 6) is 0.249. The van der Waals surface area contributed by atoms with Crippen LogP contribution in [0.5, 0.6) is 5.75 Å². The molecule has 1 unspecified atom stereocenters. The lowest BCUT2D eigenvalue weighted by Crippen LogP contribution is -2.44. The number of amides is 1. The highest BCUT2D eigenvalue weighted by molar-refractivity contribution is 5.97. The minimum atomic E-state index is -0.851. The number of hydrogen-bond acceptors (Lipinski definition) is 3. The molecule has 18 heavy (non-hydrogen) atoms. The van der Waals surface area contributed by atoms with E-state index < -0.39 is 5.54 Å². The fourth-order valence-electron chi connectivity index (χ4n) is 1.45. The van der Waals surface area contributed by atoms with Crippen molar-refractivity contribution >= 4 is 5.91 Å². The van der Waals surface area contributed by atoms with Gasteiger partial charge in [-0.1, -0.05) is 19.1 Å². The maximum absolute atomic E-state index is 12.1. The van der Waals surface area contributed by atoms with E-state index in [1.807, 2.05) is 19.9 Å². The van der Waals surface area contributed by atoms with Crippen LogP contribution in [0.15, 0.2) is 24.3 Å². The maximum Gasteiger partial charge on any atom is 0.256 e. The monoisotopic (exact) mass is 246 g/mol. The van der Waals surface area contributed by atoms with E-state index in [-0.39, 0.29) is 5.91 Å². The predicted molar refractivity (Wildman–Crippen MR) is 69.4 cm³/mol. The van der Waals surface area contributed by atoms with Crippen molar-refractivity contribution in [2.24, 2.45) is 0 Å². The van der Waals surface area contributed by atoms with Gasteiger partial charge in [-0.15, -0.1) is 0 Å². The van der Waals surface area contributed by atoms with Gasteiger partial charge >= 0.3 is 0 Å². The van der Waals surface area contributed by atoms with Crippen molar-refractivity contribution in [2.45, 2.75) is 32.7 Å². The second kappa shape index (κ2) is 6.06. The second-order valence-electron chi connectivity index (χ2n) is 4.18. The molecule has 0 spiro atoms. The molecule has 1 aromatic carbocycles. The summed E-state index contributed by atoms with van der Waals surface area (Å²) < 4.78 is 5.40. The summed E-state index contributed by atoms with van der Waals surface area (Å²) in [7, 11) is 0. The maximum atomic E-state index is 12.1. The molecule has 0 aromatic heterocycles. The zero-order chi connectivity index (χ0) is 13.6. The van der Waals surface area contributed by atoms with Crippen LogP contribution in [-0.2, 0) is 0 Å². The summed E-state index contributed by atoms with van der Waals surface area (Å²) in [6, 6.07) is 9.12. The largest absolute Gasteiger partial charge is 0.493 e. The number of carbonyl (C=O) groups excluding carboxylic acids is 1. The van der Waals surface area contributed by atoms with E-state index >= 15 is 0 Å². The van der Waals surface area contributed by atoms with Gasteiger partial charge in [-0.05, 0) is 32.4 Å². The Bertz CT molecular complexity index is 465. The summed E-state index contributed by atoms with van der Waals surface area (Å²) in [6.07, 6.45) is 0.548. The van der Waals surface area contributed by atoms with E-state index in [1.54, 1.807) is 25.1 Å². The Morgan fingerprint density at radius 1 is 1.44 bits per heavy atom. The molecular weight excluding hydrogens is 228 g/mol. The minimum absolute atomic E-state index is 0.287. The van der Waals surface area contributed by atoms with E-state index in [1.165, 1.54) is 0 Å². The Morgan fingerprint density at radius 2 is 2.11 bits per heavy atom. The van der Waals surface area contributed by atoms with Crippen LogP contribution >= 0.6 is 0 Å². The molecule has 0 aliphatic rings. The molecule has 0 saturated heterocycles. The molecule has 0 saturated carbocycles. The molecule has 0 fully saturated rings. The van der Waals surface area contributed by atoms with Crippen molar-refractivity contribution < 1.29 is 9.53 Å². The summed E-state index contributed by atoms with van der Waals surface area (Å²) in [5.41, 5.74) is -0.398. The topological polar surface area (TPSA) is 62.1 Å². The number of para-hydroxylation sites is 1.